The molecule has 1 aromatic carbocycles. The first-order chi connectivity index (χ1) is 8.69. The maximum Gasteiger partial charge on any atom is 0.176 e. The van der Waals surface area contributed by atoms with Gasteiger partial charge in [-0.3, -0.25) is 9.69 Å². The minimum absolute atomic E-state index is 0.228. The Morgan fingerprint density at radius 2 is 2.11 bits per heavy atom. The zero-order valence-electron chi connectivity index (χ0n) is 10.9. The highest BCUT2D eigenvalue weighted by Gasteiger charge is 2.20. The molecule has 1 aromatic rings. The van der Waals surface area contributed by atoms with E-state index in [1.807, 2.05) is 24.3 Å². The zero-order valence-corrected chi connectivity index (χ0v) is 12.4. The molecule has 0 amide bonds. The number of likely N-dealkylation sites (tertiary alicyclic amines) is 1. The molecule has 1 fully saturated rings. The Bertz CT molecular complexity index is 411. The molecule has 0 radical (unpaired) electrons. The second-order valence-electron chi connectivity index (χ2n) is 5.06. The highest BCUT2D eigenvalue weighted by molar-refractivity contribution is 9.10. The first-order valence-corrected chi connectivity index (χ1v) is 7.49. The van der Waals surface area contributed by atoms with E-state index in [-0.39, 0.29) is 5.78 Å². The van der Waals surface area contributed by atoms with E-state index in [4.69, 9.17) is 0 Å². The van der Waals surface area contributed by atoms with Crippen LogP contribution in [0.5, 0.6) is 0 Å². The fourth-order valence-corrected chi connectivity index (χ4v) is 2.91. The van der Waals surface area contributed by atoms with Crippen LogP contribution in [0.1, 0.15) is 36.5 Å². The van der Waals surface area contributed by atoms with Gasteiger partial charge in [0.2, 0.25) is 0 Å². The molecule has 2 nitrogen and oxygen atoms in total. The van der Waals surface area contributed by atoms with Crippen molar-refractivity contribution in [3.63, 3.8) is 0 Å². The van der Waals surface area contributed by atoms with Gasteiger partial charge in [-0.15, -0.1) is 0 Å². The van der Waals surface area contributed by atoms with Gasteiger partial charge < -0.3 is 0 Å². The molecule has 0 atom stereocenters. The fourth-order valence-electron chi connectivity index (χ4n) is 2.51. The molecule has 1 aliphatic heterocycles. The molecular formula is C15H20BrNO. The number of hydrogen-bond donors (Lipinski definition) is 0. The fraction of sp³-hybridized carbons (Fsp3) is 0.533. The van der Waals surface area contributed by atoms with Crippen LogP contribution in [0.4, 0.5) is 0 Å². The van der Waals surface area contributed by atoms with Gasteiger partial charge in [0.1, 0.15) is 0 Å². The van der Waals surface area contributed by atoms with Crippen molar-refractivity contribution < 1.29 is 4.79 Å². The van der Waals surface area contributed by atoms with Gasteiger partial charge in [-0.1, -0.05) is 41.4 Å². The van der Waals surface area contributed by atoms with Crippen LogP contribution in [0.25, 0.3) is 0 Å². The van der Waals surface area contributed by atoms with E-state index < -0.39 is 0 Å². The molecule has 0 spiro atoms. The minimum atomic E-state index is 0.228. The third kappa shape index (κ3) is 3.66. The van der Waals surface area contributed by atoms with Crippen LogP contribution in [0.3, 0.4) is 0 Å². The molecule has 98 valence electrons. The van der Waals surface area contributed by atoms with Crippen LogP contribution in [0.2, 0.25) is 0 Å². The molecule has 0 saturated carbocycles. The summed E-state index contributed by atoms with van der Waals surface area (Å²) in [6.45, 7) is 4.95. The van der Waals surface area contributed by atoms with Crippen LogP contribution in [0.15, 0.2) is 28.7 Å². The normalized spacial score (nSPS) is 17.9. The molecule has 0 aliphatic carbocycles. The largest absolute Gasteiger partial charge is 0.296 e. The van der Waals surface area contributed by atoms with E-state index in [1.165, 1.54) is 19.3 Å². The molecule has 0 N–H and O–H groups in total. The maximum atomic E-state index is 12.2. The Morgan fingerprint density at radius 3 is 2.72 bits per heavy atom. The Hall–Kier alpha value is -0.670. The van der Waals surface area contributed by atoms with Crippen molar-refractivity contribution in [2.24, 2.45) is 5.92 Å². The van der Waals surface area contributed by atoms with Gasteiger partial charge in [-0.2, -0.15) is 0 Å². The molecule has 0 unspecified atom stereocenters. The van der Waals surface area contributed by atoms with Crippen LogP contribution in [-0.2, 0) is 0 Å². The number of ketones is 1. The zero-order chi connectivity index (χ0) is 13.0. The van der Waals surface area contributed by atoms with Crippen molar-refractivity contribution in [3.8, 4) is 0 Å². The summed E-state index contributed by atoms with van der Waals surface area (Å²) < 4.78 is 0.970. The van der Waals surface area contributed by atoms with Gasteiger partial charge >= 0.3 is 0 Å². The Morgan fingerprint density at radius 1 is 1.39 bits per heavy atom. The van der Waals surface area contributed by atoms with Crippen LogP contribution in [-0.4, -0.2) is 30.3 Å². The number of halogens is 1. The van der Waals surface area contributed by atoms with Crippen LogP contribution >= 0.6 is 15.9 Å². The van der Waals surface area contributed by atoms with Gasteiger partial charge in [0.05, 0.1) is 6.54 Å². The summed E-state index contributed by atoms with van der Waals surface area (Å²) in [5.41, 5.74) is 0.807. The van der Waals surface area contributed by atoms with Crippen molar-refractivity contribution in [1.82, 2.24) is 4.90 Å². The predicted molar refractivity (Wildman–Crippen MR) is 77.9 cm³/mol. The molecule has 0 bridgehead atoms. The van der Waals surface area contributed by atoms with Crippen molar-refractivity contribution in [2.45, 2.75) is 26.2 Å². The third-order valence-corrected chi connectivity index (χ3v) is 4.29. The Labute approximate surface area is 117 Å². The predicted octanol–water partition coefficient (Wildman–Crippen LogP) is 3.75. The maximum absolute atomic E-state index is 12.2. The monoisotopic (exact) mass is 309 g/mol. The molecule has 3 heteroatoms. The average molecular weight is 310 g/mol. The number of benzene rings is 1. The first kappa shape index (κ1) is 13.8. The lowest BCUT2D eigenvalue weighted by molar-refractivity contribution is 0.0894. The van der Waals surface area contributed by atoms with E-state index in [9.17, 15) is 4.79 Å². The second kappa shape index (κ2) is 6.48. The summed E-state index contributed by atoms with van der Waals surface area (Å²) in [6, 6.07) is 7.66. The van der Waals surface area contributed by atoms with Gasteiger partial charge in [0.15, 0.2) is 5.78 Å². The quantitative estimate of drug-likeness (QED) is 0.789. The molecule has 1 saturated heterocycles. The number of carbonyl (C=O) groups is 1. The molecule has 0 aromatic heterocycles. The van der Waals surface area contributed by atoms with Crippen molar-refractivity contribution in [2.75, 3.05) is 19.6 Å². The van der Waals surface area contributed by atoms with Gasteiger partial charge in [0.25, 0.3) is 0 Å². The Kier molecular flexibility index (Phi) is 4.95. The van der Waals surface area contributed by atoms with E-state index in [1.54, 1.807) is 0 Å². The summed E-state index contributed by atoms with van der Waals surface area (Å²) >= 11 is 3.41. The number of carbonyl (C=O) groups excluding carboxylic acids is 1. The number of piperidine rings is 1. The molecule has 2 rings (SSSR count). The van der Waals surface area contributed by atoms with E-state index in [2.05, 4.69) is 27.8 Å². The van der Waals surface area contributed by atoms with Gasteiger partial charge in [0, 0.05) is 10.0 Å². The third-order valence-electron chi connectivity index (χ3n) is 3.80. The number of Topliss-reactive ketones (excluding diaryl/α,β-unsaturated/α-hetero) is 1. The molecule has 1 aliphatic rings. The van der Waals surface area contributed by atoms with Crippen molar-refractivity contribution in [3.05, 3.63) is 34.3 Å². The lowest BCUT2D eigenvalue weighted by atomic mass is 9.94. The summed E-state index contributed by atoms with van der Waals surface area (Å²) in [5, 5.41) is 0. The van der Waals surface area contributed by atoms with E-state index in [0.29, 0.717) is 6.54 Å². The Balaban J connectivity index is 1.89. The molecule has 1 heterocycles. The van der Waals surface area contributed by atoms with Gasteiger partial charge in [-0.25, -0.2) is 0 Å². The molecule has 18 heavy (non-hydrogen) atoms. The van der Waals surface area contributed by atoms with E-state index in [0.717, 1.165) is 29.0 Å². The second-order valence-corrected chi connectivity index (χ2v) is 5.98. The highest BCUT2D eigenvalue weighted by atomic mass is 79.9. The summed E-state index contributed by atoms with van der Waals surface area (Å²) in [7, 11) is 0. The lowest BCUT2D eigenvalue weighted by Gasteiger charge is -2.30. The van der Waals surface area contributed by atoms with Crippen LogP contribution < -0.4 is 0 Å². The SMILES string of the molecule is CCC1CCN(CC(=O)c2cccc(Br)c2)CC1. The average Bonchev–Trinajstić information content (AvgIpc) is 2.39. The van der Waals surface area contributed by atoms with Gasteiger partial charge in [-0.05, 0) is 44.0 Å². The smallest absolute Gasteiger partial charge is 0.176 e. The van der Waals surface area contributed by atoms with Crippen molar-refractivity contribution in [1.29, 1.82) is 0 Å². The summed E-state index contributed by atoms with van der Waals surface area (Å²) in [5.74, 6) is 1.09. The highest BCUT2D eigenvalue weighted by Crippen LogP contribution is 2.20. The minimum Gasteiger partial charge on any atom is -0.296 e. The topological polar surface area (TPSA) is 20.3 Å². The van der Waals surface area contributed by atoms with E-state index >= 15 is 0 Å². The number of hydrogen-bond acceptors (Lipinski definition) is 2. The summed E-state index contributed by atoms with van der Waals surface area (Å²) in [4.78, 5) is 14.4. The number of rotatable bonds is 4. The van der Waals surface area contributed by atoms with Crippen molar-refractivity contribution >= 4 is 21.7 Å². The first-order valence-electron chi connectivity index (χ1n) is 6.70. The number of nitrogens with zero attached hydrogens (tertiary/aromatic N) is 1. The lowest BCUT2D eigenvalue weighted by Crippen LogP contribution is -2.37. The van der Waals surface area contributed by atoms with Crippen LogP contribution in [0, 0.1) is 5.92 Å². The summed E-state index contributed by atoms with van der Waals surface area (Å²) in [6.07, 6.45) is 3.75. The molecular weight excluding hydrogens is 290 g/mol. The standard InChI is InChI=1S/C15H20BrNO/c1-2-12-6-8-17(9-7-12)11-15(18)13-4-3-5-14(16)10-13/h3-5,10,12H,2,6-9,11H2,1H3.